The number of alkyl halides is 3. The number of hydrogen-bond donors (Lipinski definition) is 1. The molecule has 0 saturated carbocycles. The molecule has 0 radical (unpaired) electrons. The lowest BCUT2D eigenvalue weighted by Crippen LogP contribution is -2.41. The highest BCUT2D eigenvalue weighted by atomic mass is 19.4. The third-order valence-corrected chi connectivity index (χ3v) is 8.04. The maximum absolute atomic E-state index is 14.6. The van der Waals surface area contributed by atoms with Crippen molar-refractivity contribution >= 4 is 22.8 Å². The molecule has 1 unspecified atom stereocenters. The number of amides is 2. The Bertz CT molecular complexity index is 2070. The average Bonchev–Trinajstić information content (AvgIpc) is 3.09. The number of carbonyl (C=O) groups excluding carboxylic acids is 2. The number of ether oxygens (including phenoxy) is 1. The monoisotopic (exact) mass is 719 g/mol. The summed E-state index contributed by atoms with van der Waals surface area (Å²) >= 11 is 0. The number of aromatic nitrogens is 4. The van der Waals surface area contributed by atoms with E-state index in [2.05, 4.69) is 15.3 Å². The second kappa shape index (κ2) is 16.5. The van der Waals surface area contributed by atoms with Crippen LogP contribution in [0.2, 0.25) is 0 Å². The van der Waals surface area contributed by atoms with Crippen molar-refractivity contribution in [1.29, 1.82) is 0 Å². The summed E-state index contributed by atoms with van der Waals surface area (Å²) in [6, 6.07) is 14.6. The minimum absolute atomic E-state index is 0.00163. The predicted molar refractivity (Wildman–Crippen MR) is 185 cm³/mol. The summed E-state index contributed by atoms with van der Waals surface area (Å²) < 4.78 is 61.6. The first-order valence-electron chi connectivity index (χ1n) is 16.4. The quantitative estimate of drug-likeness (QED) is 0.157. The molecule has 0 aliphatic heterocycles. The van der Waals surface area contributed by atoms with Gasteiger partial charge in [0.2, 0.25) is 11.8 Å². The number of nitrogens with one attached hydrogen (secondary N) is 1. The van der Waals surface area contributed by atoms with Crippen LogP contribution in [0.1, 0.15) is 41.9 Å². The zero-order valence-electron chi connectivity index (χ0n) is 28.7. The Kier molecular flexibility index (Phi) is 11.9. The molecule has 0 spiro atoms. The maximum Gasteiger partial charge on any atom is 0.419 e. The van der Waals surface area contributed by atoms with Gasteiger partial charge in [0, 0.05) is 31.7 Å². The van der Waals surface area contributed by atoms with E-state index < -0.39 is 41.5 Å². The van der Waals surface area contributed by atoms with Crippen LogP contribution in [0.15, 0.2) is 90.1 Å². The summed E-state index contributed by atoms with van der Waals surface area (Å²) in [5, 5.41) is 3.06. The molecule has 52 heavy (non-hydrogen) atoms. The third-order valence-electron chi connectivity index (χ3n) is 8.04. The topological polar surface area (TPSA) is 123 Å². The van der Waals surface area contributed by atoms with Gasteiger partial charge < -0.3 is 19.9 Å². The van der Waals surface area contributed by atoms with Gasteiger partial charge in [0.25, 0.3) is 5.56 Å². The molecule has 2 amide bonds. The van der Waals surface area contributed by atoms with E-state index >= 15 is 0 Å². The van der Waals surface area contributed by atoms with Crippen LogP contribution < -0.4 is 15.6 Å². The Morgan fingerprint density at radius 2 is 1.75 bits per heavy atom. The van der Waals surface area contributed by atoms with E-state index in [1.807, 2.05) is 6.92 Å². The largest absolute Gasteiger partial charge is 0.494 e. The predicted octanol–water partition coefficient (Wildman–Crippen LogP) is 5.11. The molecule has 5 rings (SSSR count). The van der Waals surface area contributed by atoms with Crippen LogP contribution in [0.25, 0.3) is 16.7 Å². The minimum Gasteiger partial charge on any atom is -0.494 e. The molecule has 1 atom stereocenters. The zero-order chi connectivity index (χ0) is 37.4. The van der Waals surface area contributed by atoms with Gasteiger partial charge in [-0.05, 0) is 93.2 Å². The molecule has 0 aliphatic carbocycles. The summed E-state index contributed by atoms with van der Waals surface area (Å²) in [5.74, 6) is -1.73. The molecule has 0 bridgehead atoms. The lowest BCUT2D eigenvalue weighted by atomic mass is 10.0. The van der Waals surface area contributed by atoms with Gasteiger partial charge >= 0.3 is 6.18 Å². The highest BCUT2D eigenvalue weighted by Gasteiger charge is 2.35. The van der Waals surface area contributed by atoms with Gasteiger partial charge in [0.05, 0.1) is 42.3 Å². The van der Waals surface area contributed by atoms with Gasteiger partial charge in [-0.15, -0.1) is 0 Å². The van der Waals surface area contributed by atoms with E-state index in [0.717, 1.165) is 6.07 Å². The molecule has 3 heterocycles. The fraction of sp³-hybridized carbons (Fsp3) is 0.297. The lowest BCUT2D eigenvalue weighted by molar-refractivity contribution is -0.140. The molecule has 272 valence electrons. The summed E-state index contributed by atoms with van der Waals surface area (Å²) in [6.07, 6.45) is -0.775. The Hall–Kier alpha value is -5.70. The molecule has 11 nitrogen and oxygen atoms in total. The minimum atomic E-state index is -4.92. The van der Waals surface area contributed by atoms with E-state index in [1.165, 1.54) is 15.7 Å². The van der Waals surface area contributed by atoms with Crippen molar-refractivity contribution in [1.82, 2.24) is 34.6 Å². The van der Waals surface area contributed by atoms with Crippen molar-refractivity contribution in [2.24, 2.45) is 0 Å². The molecule has 3 aromatic heterocycles. The number of carbonyl (C=O) groups is 2. The molecule has 0 aliphatic rings. The first kappa shape index (κ1) is 37.6. The number of rotatable bonds is 14. The van der Waals surface area contributed by atoms with Gasteiger partial charge in [-0.2, -0.15) is 13.2 Å². The molecule has 5 aromatic rings. The number of nitrogens with zero attached hydrogens (tertiary/aromatic N) is 6. The highest BCUT2D eigenvalue weighted by molar-refractivity contribution is 5.80. The SMILES string of the molecule is CCOc1ccc(-n2c(C(CCNC(=O)CN(C)C)N(Cc3cccnc3)C(=O)Cc3ccc(C(F)(F)F)c(F)c3)nc3ncccc3c2=O)cc1. The molecule has 0 saturated heterocycles. The smallest absolute Gasteiger partial charge is 0.419 e. The molecule has 15 heteroatoms. The normalized spacial score (nSPS) is 12.2. The van der Waals surface area contributed by atoms with Crippen LogP contribution in [0.3, 0.4) is 0 Å². The molecular formula is C37H37F4N7O4. The van der Waals surface area contributed by atoms with Gasteiger partial charge in [0.15, 0.2) is 5.65 Å². The zero-order valence-corrected chi connectivity index (χ0v) is 28.7. The fourth-order valence-electron chi connectivity index (χ4n) is 5.72. The number of likely N-dealkylation sites (N-methyl/N-ethyl adjacent to an activating group) is 1. The van der Waals surface area contributed by atoms with Gasteiger partial charge in [-0.25, -0.2) is 14.4 Å². The number of pyridine rings is 2. The number of fused-ring (bicyclic) bond motifs is 1. The van der Waals surface area contributed by atoms with Gasteiger partial charge in [-0.1, -0.05) is 12.1 Å². The Balaban J connectivity index is 1.67. The summed E-state index contributed by atoms with van der Waals surface area (Å²) in [7, 11) is 3.48. The first-order valence-corrected chi connectivity index (χ1v) is 16.4. The number of halogens is 4. The van der Waals surface area contributed by atoms with Crippen LogP contribution in [0.5, 0.6) is 5.75 Å². The van der Waals surface area contributed by atoms with Crippen molar-refractivity contribution in [2.75, 3.05) is 33.8 Å². The number of benzene rings is 2. The Morgan fingerprint density at radius 1 is 1.00 bits per heavy atom. The van der Waals surface area contributed by atoms with E-state index in [9.17, 15) is 31.9 Å². The lowest BCUT2D eigenvalue weighted by Gasteiger charge is -2.33. The van der Waals surface area contributed by atoms with Crippen molar-refractivity contribution < 1.29 is 31.9 Å². The average molecular weight is 720 g/mol. The van der Waals surface area contributed by atoms with E-state index in [4.69, 9.17) is 9.72 Å². The Morgan fingerprint density at radius 3 is 2.40 bits per heavy atom. The van der Waals surface area contributed by atoms with Crippen LogP contribution >= 0.6 is 0 Å². The van der Waals surface area contributed by atoms with Crippen LogP contribution in [-0.4, -0.2) is 74.9 Å². The van der Waals surface area contributed by atoms with Crippen molar-refractivity contribution in [3.63, 3.8) is 0 Å². The first-order chi connectivity index (χ1) is 24.8. The van der Waals surface area contributed by atoms with E-state index in [1.54, 1.807) is 79.9 Å². The number of hydrogen-bond acceptors (Lipinski definition) is 8. The Labute approximate surface area is 296 Å². The summed E-state index contributed by atoms with van der Waals surface area (Å²) in [4.78, 5) is 57.8. The van der Waals surface area contributed by atoms with Crippen LogP contribution in [0, 0.1) is 5.82 Å². The molecule has 2 aromatic carbocycles. The molecule has 1 N–H and O–H groups in total. The van der Waals surface area contributed by atoms with Crippen LogP contribution in [0.4, 0.5) is 17.6 Å². The van der Waals surface area contributed by atoms with E-state index in [0.29, 0.717) is 35.7 Å². The van der Waals surface area contributed by atoms with Crippen molar-refractivity contribution in [2.45, 2.75) is 38.5 Å². The second-order valence-corrected chi connectivity index (χ2v) is 12.2. The van der Waals surface area contributed by atoms with Gasteiger partial charge in [0.1, 0.15) is 17.4 Å². The summed E-state index contributed by atoms with van der Waals surface area (Å²) in [6.45, 7) is 2.32. The maximum atomic E-state index is 14.6. The highest BCUT2D eigenvalue weighted by Crippen LogP contribution is 2.33. The molecule has 0 fully saturated rings. The standard InChI is InChI=1S/C37H37F4N7O4/c1-4-52-27-12-10-26(11-13-27)48-35(45-34-28(36(48)51)8-6-17-44-34)31(15-18-43-32(49)23-46(2)3)47(22-25-7-5-16-42-21-25)33(50)20-24-9-14-29(30(38)19-24)37(39,40)41/h5-14,16-17,19,21,31H,4,15,18,20,22-23H2,1-3H3,(H,43,49). The van der Waals surface area contributed by atoms with Crippen LogP contribution in [-0.2, 0) is 28.7 Å². The molecular weight excluding hydrogens is 682 g/mol. The summed E-state index contributed by atoms with van der Waals surface area (Å²) in [5.41, 5.74) is -0.814. The third kappa shape index (κ3) is 9.15. The van der Waals surface area contributed by atoms with E-state index in [-0.39, 0.29) is 54.4 Å². The second-order valence-electron chi connectivity index (χ2n) is 12.2. The van der Waals surface area contributed by atoms with Crippen molar-refractivity contribution in [3.05, 3.63) is 124 Å². The van der Waals surface area contributed by atoms with Crippen molar-refractivity contribution in [3.8, 4) is 11.4 Å². The van der Waals surface area contributed by atoms with Gasteiger partial charge in [-0.3, -0.25) is 23.9 Å². The fourth-order valence-corrected chi connectivity index (χ4v) is 5.72.